The van der Waals surface area contributed by atoms with Gasteiger partial charge in [0.2, 0.25) is 0 Å². The number of carbonyl (C=O) groups excluding carboxylic acids is 4. The van der Waals surface area contributed by atoms with Gasteiger partial charge in [-0.1, -0.05) is 71.2 Å². The average molecular weight is 834 g/mol. The number of rotatable bonds is 5. The van der Waals surface area contributed by atoms with E-state index in [9.17, 15) is 50.6 Å². The van der Waals surface area contributed by atoms with Crippen molar-refractivity contribution in [1.82, 2.24) is 20.0 Å². The van der Waals surface area contributed by atoms with E-state index < -0.39 is 94.5 Å². The molecule has 1 saturated carbocycles. The van der Waals surface area contributed by atoms with Crippen LogP contribution >= 0.6 is 23.2 Å². The summed E-state index contributed by atoms with van der Waals surface area (Å²) in [5, 5.41) is 15.3. The van der Waals surface area contributed by atoms with Crippen LogP contribution < -0.4 is 10.0 Å². The van der Waals surface area contributed by atoms with E-state index in [1.54, 1.807) is 42.5 Å². The summed E-state index contributed by atoms with van der Waals surface area (Å²) < 4.78 is 82.0. The van der Waals surface area contributed by atoms with Crippen LogP contribution in [0.15, 0.2) is 72.3 Å². The fourth-order valence-electron chi connectivity index (χ4n) is 8.84. The number of anilines is 2. The molecular formula is C38H28Cl2F6N6O5. The van der Waals surface area contributed by atoms with Gasteiger partial charge in [0.25, 0.3) is 23.6 Å². The van der Waals surface area contributed by atoms with E-state index in [4.69, 9.17) is 23.2 Å². The fourth-order valence-corrected chi connectivity index (χ4v) is 9.29. The van der Waals surface area contributed by atoms with E-state index in [-0.39, 0.29) is 34.2 Å². The van der Waals surface area contributed by atoms with Gasteiger partial charge in [0.15, 0.2) is 11.6 Å². The summed E-state index contributed by atoms with van der Waals surface area (Å²) in [5.74, 6) is -11.2. The number of aromatic hydroxyl groups is 1. The topological polar surface area (TPSA) is 127 Å². The molecule has 11 nitrogen and oxygen atoms in total. The van der Waals surface area contributed by atoms with Crippen molar-refractivity contribution in [2.45, 2.75) is 31.1 Å². The molecule has 2 saturated heterocycles. The fraction of sp³-hybridized carbons (Fsp3) is 0.316. The van der Waals surface area contributed by atoms with Crippen molar-refractivity contribution in [3.8, 4) is 5.75 Å². The highest BCUT2D eigenvalue weighted by atomic mass is 35.5. The zero-order chi connectivity index (χ0) is 41.0. The molecule has 19 heteroatoms. The average Bonchev–Trinajstić information content (AvgIpc) is 3.56. The molecule has 2 aliphatic carbocycles. The molecule has 296 valence electrons. The Morgan fingerprint density at radius 2 is 1.21 bits per heavy atom. The zero-order valence-electron chi connectivity index (χ0n) is 29.5. The lowest BCUT2D eigenvalue weighted by atomic mass is 9.57. The Morgan fingerprint density at radius 1 is 0.684 bits per heavy atom. The minimum atomic E-state index is -4.89. The van der Waals surface area contributed by atoms with Gasteiger partial charge in [-0.15, -0.1) is 0 Å². The van der Waals surface area contributed by atoms with Crippen LogP contribution in [-0.4, -0.2) is 62.8 Å². The Bertz CT molecular complexity index is 2450. The maximum Gasteiger partial charge on any atom is 0.433 e. The maximum atomic E-state index is 14.6. The van der Waals surface area contributed by atoms with Crippen LogP contribution in [0.5, 0.6) is 5.75 Å². The van der Waals surface area contributed by atoms with Gasteiger partial charge < -0.3 is 5.11 Å². The first-order valence-corrected chi connectivity index (χ1v) is 18.2. The molecule has 4 heterocycles. The Kier molecular flexibility index (Phi) is 8.99. The summed E-state index contributed by atoms with van der Waals surface area (Å²) in [6.45, 7) is 0. The highest BCUT2D eigenvalue weighted by Crippen LogP contribution is 2.59. The predicted octanol–water partition coefficient (Wildman–Crippen LogP) is 7.42. The van der Waals surface area contributed by atoms with Gasteiger partial charge >= 0.3 is 12.4 Å². The van der Waals surface area contributed by atoms with E-state index in [1.807, 2.05) is 0 Å². The lowest BCUT2D eigenvalue weighted by molar-refractivity contribution is -0.143. The number of aromatic nitrogens is 2. The van der Waals surface area contributed by atoms with Crippen LogP contribution in [0.2, 0.25) is 10.0 Å². The standard InChI is InChI=1S/C38H28Cl2F6N6O5/c1-49(31-23(39)11-13-25(47-31)37(41,42)43)51-33(54)20-10-9-18-21(28(20)35(51)56)15-22-29(27(18)19-8-7-16-5-3-4-6-17(16)30(19)53)36(57)52(34(22)55)50(2)32-24(40)12-14-26(48-32)38(44,45)46/h3-9,11-14,20-22,27-29,53H,10,15H2,1-2H3/t20-,21+,22+,27+,28-,29+/m0/s1. The summed E-state index contributed by atoms with van der Waals surface area (Å²) in [5.41, 5.74) is -1.95. The normalized spacial score (nSPS) is 24.8. The number of carbonyl (C=O) groups is 4. The minimum absolute atomic E-state index is 0.0487. The molecule has 0 unspecified atom stereocenters. The number of hydrogen-bond donors (Lipinski definition) is 1. The SMILES string of the molecule is CN(c1nc(C(F)(F)F)ccc1Cl)N1C(=O)[C@H]2[C@H](CC=C3[C@H]2C[C@H]2C(=O)N(N(C)c4nc(C(F)(F)F)ccc4Cl)C(=O)[C@H]2[C@H]3c2ccc3ccccc3c2O)C1=O. The highest BCUT2D eigenvalue weighted by molar-refractivity contribution is 6.33. The number of hydrogen-bond acceptors (Lipinski definition) is 9. The molecule has 4 aromatic rings. The van der Waals surface area contributed by atoms with Crippen LogP contribution in [-0.2, 0) is 31.5 Å². The largest absolute Gasteiger partial charge is 0.507 e. The third-order valence-corrected chi connectivity index (χ3v) is 11.9. The number of nitrogens with zero attached hydrogens (tertiary/aromatic N) is 6. The lowest BCUT2D eigenvalue weighted by Gasteiger charge is -2.44. The van der Waals surface area contributed by atoms with Crippen LogP contribution in [0.4, 0.5) is 38.0 Å². The van der Waals surface area contributed by atoms with Gasteiger partial charge in [-0.25, -0.2) is 9.97 Å². The van der Waals surface area contributed by atoms with Crippen molar-refractivity contribution in [3.63, 3.8) is 0 Å². The Labute approximate surface area is 329 Å². The highest BCUT2D eigenvalue weighted by Gasteiger charge is 2.63. The quantitative estimate of drug-likeness (QED) is 0.124. The molecule has 1 N–H and O–H groups in total. The smallest absolute Gasteiger partial charge is 0.433 e. The van der Waals surface area contributed by atoms with E-state index in [0.29, 0.717) is 38.5 Å². The van der Waals surface area contributed by atoms with Crippen LogP contribution in [0.3, 0.4) is 0 Å². The number of allylic oxidation sites excluding steroid dienone is 2. The van der Waals surface area contributed by atoms with E-state index in [0.717, 1.165) is 29.2 Å². The maximum absolute atomic E-state index is 14.6. The first kappa shape index (κ1) is 38.5. The number of benzene rings is 2. The van der Waals surface area contributed by atoms with E-state index in [1.165, 1.54) is 7.05 Å². The molecule has 2 aromatic carbocycles. The van der Waals surface area contributed by atoms with Gasteiger partial charge in [-0.05, 0) is 48.4 Å². The zero-order valence-corrected chi connectivity index (χ0v) is 31.0. The number of phenolic OH excluding ortho intramolecular Hbond substituents is 1. The van der Waals surface area contributed by atoms with E-state index >= 15 is 0 Å². The van der Waals surface area contributed by atoms with Crippen molar-refractivity contribution in [2.24, 2.45) is 29.6 Å². The molecule has 6 atom stereocenters. The number of imide groups is 2. The lowest BCUT2D eigenvalue weighted by Crippen LogP contribution is -2.46. The molecule has 0 spiro atoms. The van der Waals surface area contributed by atoms with Crippen molar-refractivity contribution >= 4 is 69.2 Å². The first-order chi connectivity index (χ1) is 26.8. The van der Waals surface area contributed by atoms with Crippen molar-refractivity contribution in [2.75, 3.05) is 24.1 Å². The second-order valence-electron chi connectivity index (χ2n) is 14.3. The summed E-state index contributed by atoms with van der Waals surface area (Å²) in [6.07, 6.45) is -8.31. The summed E-state index contributed by atoms with van der Waals surface area (Å²) in [6, 6.07) is 13.3. The molecule has 0 radical (unpaired) electrons. The number of fused-ring (bicyclic) bond motifs is 5. The number of hydrazine groups is 2. The summed E-state index contributed by atoms with van der Waals surface area (Å²) >= 11 is 12.5. The Balaban J connectivity index is 1.22. The van der Waals surface area contributed by atoms with Gasteiger partial charge in [0.1, 0.15) is 17.1 Å². The van der Waals surface area contributed by atoms with Gasteiger partial charge in [0.05, 0.1) is 33.7 Å². The molecule has 4 aliphatic rings. The molecule has 4 amide bonds. The Morgan fingerprint density at radius 3 is 1.77 bits per heavy atom. The first-order valence-electron chi connectivity index (χ1n) is 17.4. The number of alkyl halides is 6. The molecule has 3 fully saturated rings. The molecule has 8 rings (SSSR count). The third kappa shape index (κ3) is 5.96. The number of phenols is 1. The van der Waals surface area contributed by atoms with E-state index in [2.05, 4.69) is 9.97 Å². The number of halogens is 8. The minimum Gasteiger partial charge on any atom is -0.507 e. The molecule has 2 aliphatic heterocycles. The Hall–Kier alpha value is -5.42. The van der Waals surface area contributed by atoms with Crippen LogP contribution in [0.25, 0.3) is 10.8 Å². The van der Waals surface area contributed by atoms with Gasteiger partial charge in [-0.3, -0.25) is 29.2 Å². The second-order valence-corrected chi connectivity index (χ2v) is 15.1. The van der Waals surface area contributed by atoms with Gasteiger partial charge in [0, 0.05) is 31.0 Å². The summed E-state index contributed by atoms with van der Waals surface area (Å²) in [4.78, 5) is 64.7. The monoisotopic (exact) mass is 832 g/mol. The van der Waals surface area contributed by atoms with Crippen molar-refractivity contribution in [3.05, 3.63) is 99.3 Å². The molecule has 0 bridgehead atoms. The second kappa shape index (κ2) is 13.3. The third-order valence-electron chi connectivity index (χ3n) is 11.3. The summed E-state index contributed by atoms with van der Waals surface area (Å²) in [7, 11) is 2.33. The van der Waals surface area contributed by atoms with Crippen LogP contribution in [0.1, 0.15) is 35.7 Å². The van der Waals surface area contributed by atoms with Crippen molar-refractivity contribution < 1.29 is 50.6 Å². The number of pyridine rings is 2. The van der Waals surface area contributed by atoms with Crippen LogP contribution in [0, 0.1) is 29.6 Å². The molecule has 2 aromatic heterocycles. The van der Waals surface area contributed by atoms with Gasteiger partial charge in [-0.2, -0.15) is 36.4 Å². The number of amides is 4. The molecule has 57 heavy (non-hydrogen) atoms. The predicted molar refractivity (Wildman–Crippen MR) is 192 cm³/mol. The van der Waals surface area contributed by atoms with Crippen molar-refractivity contribution in [1.29, 1.82) is 0 Å². The molecular weight excluding hydrogens is 805 g/mol.